The molecule has 1 unspecified atom stereocenters. The quantitative estimate of drug-likeness (QED) is 0.842. The zero-order chi connectivity index (χ0) is 13.8. The molecule has 0 radical (unpaired) electrons. The SMILES string of the molecule is CCNc1ccc(Cl)c(C(=O)NC(C)CC2CC2)n1. The number of carbonyl (C=O) groups excluding carboxylic acids is 1. The van der Waals surface area contributed by atoms with Crippen molar-refractivity contribution in [2.45, 2.75) is 39.2 Å². The van der Waals surface area contributed by atoms with Gasteiger partial charge < -0.3 is 10.6 Å². The van der Waals surface area contributed by atoms with Crippen molar-refractivity contribution in [3.05, 3.63) is 22.8 Å². The summed E-state index contributed by atoms with van der Waals surface area (Å²) in [5.41, 5.74) is 0.294. The number of hydrogen-bond donors (Lipinski definition) is 2. The minimum atomic E-state index is -0.196. The molecule has 2 N–H and O–H groups in total. The van der Waals surface area contributed by atoms with E-state index in [4.69, 9.17) is 11.6 Å². The molecule has 4 nitrogen and oxygen atoms in total. The van der Waals surface area contributed by atoms with Crippen molar-refractivity contribution < 1.29 is 4.79 Å². The Bertz CT molecular complexity index is 460. The van der Waals surface area contributed by atoms with Crippen LogP contribution in [0.4, 0.5) is 5.82 Å². The standard InChI is InChI=1S/C14H20ClN3O/c1-3-16-12-7-6-11(15)13(18-12)14(19)17-9(2)8-10-4-5-10/h6-7,9-10H,3-5,8H2,1-2H3,(H,16,18)(H,17,19). The zero-order valence-corrected chi connectivity index (χ0v) is 12.1. The fourth-order valence-electron chi connectivity index (χ4n) is 2.09. The lowest BCUT2D eigenvalue weighted by Crippen LogP contribution is -2.33. The molecule has 1 saturated carbocycles. The summed E-state index contributed by atoms with van der Waals surface area (Å²) >= 11 is 6.04. The van der Waals surface area contributed by atoms with Crippen LogP contribution < -0.4 is 10.6 Å². The molecule has 0 spiro atoms. The lowest BCUT2D eigenvalue weighted by atomic mass is 10.1. The second-order valence-corrected chi connectivity index (χ2v) is 5.52. The van der Waals surface area contributed by atoms with Gasteiger partial charge in [-0.3, -0.25) is 4.79 Å². The van der Waals surface area contributed by atoms with E-state index in [0.29, 0.717) is 16.5 Å². The van der Waals surface area contributed by atoms with E-state index < -0.39 is 0 Å². The fraction of sp³-hybridized carbons (Fsp3) is 0.571. The highest BCUT2D eigenvalue weighted by Crippen LogP contribution is 2.33. The minimum Gasteiger partial charge on any atom is -0.370 e. The van der Waals surface area contributed by atoms with E-state index in [1.807, 2.05) is 13.8 Å². The first-order valence-corrected chi connectivity index (χ1v) is 7.19. The van der Waals surface area contributed by atoms with E-state index in [0.717, 1.165) is 18.9 Å². The number of amides is 1. The molecule has 0 bridgehead atoms. The van der Waals surface area contributed by atoms with Gasteiger partial charge in [-0.1, -0.05) is 24.4 Å². The zero-order valence-electron chi connectivity index (χ0n) is 11.4. The first-order valence-electron chi connectivity index (χ1n) is 6.81. The molecule has 0 aromatic carbocycles. The van der Waals surface area contributed by atoms with Crippen LogP contribution in [0.3, 0.4) is 0 Å². The van der Waals surface area contributed by atoms with Crippen molar-refractivity contribution in [3.63, 3.8) is 0 Å². The Kier molecular flexibility index (Phi) is 4.64. The van der Waals surface area contributed by atoms with Gasteiger partial charge in [0.25, 0.3) is 5.91 Å². The molecule has 1 atom stereocenters. The Morgan fingerprint density at radius 3 is 2.89 bits per heavy atom. The highest BCUT2D eigenvalue weighted by molar-refractivity contribution is 6.33. The number of nitrogens with one attached hydrogen (secondary N) is 2. The maximum absolute atomic E-state index is 12.1. The van der Waals surface area contributed by atoms with Gasteiger partial charge in [0.2, 0.25) is 0 Å². The predicted octanol–water partition coefficient (Wildman–Crippen LogP) is 3.09. The summed E-state index contributed by atoms with van der Waals surface area (Å²) in [5, 5.41) is 6.43. The molecule has 1 heterocycles. The molecule has 1 aromatic heterocycles. The summed E-state index contributed by atoms with van der Waals surface area (Å²) in [7, 11) is 0. The Morgan fingerprint density at radius 2 is 2.26 bits per heavy atom. The van der Waals surface area contributed by atoms with Gasteiger partial charge in [0.05, 0.1) is 5.02 Å². The average molecular weight is 282 g/mol. The number of pyridine rings is 1. The predicted molar refractivity (Wildman–Crippen MR) is 77.7 cm³/mol. The van der Waals surface area contributed by atoms with Gasteiger partial charge >= 0.3 is 0 Å². The molecule has 1 amide bonds. The lowest BCUT2D eigenvalue weighted by molar-refractivity contribution is 0.0932. The summed E-state index contributed by atoms with van der Waals surface area (Å²) < 4.78 is 0. The Balaban J connectivity index is 2.01. The molecular weight excluding hydrogens is 262 g/mol. The highest BCUT2D eigenvalue weighted by Gasteiger charge is 2.25. The summed E-state index contributed by atoms with van der Waals surface area (Å²) in [4.78, 5) is 16.4. The maximum Gasteiger partial charge on any atom is 0.271 e. The van der Waals surface area contributed by atoms with Gasteiger partial charge in [-0.25, -0.2) is 4.98 Å². The summed E-state index contributed by atoms with van der Waals surface area (Å²) in [6.07, 6.45) is 3.61. The van der Waals surface area contributed by atoms with Gasteiger partial charge in [-0.2, -0.15) is 0 Å². The third-order valence-electron chi connectivity index (χ3n) is 3.18. The number of nitrogens with zero attached hydrogens (tertiary/aromatic N) is 1. The normalized spacial score (nSPS) is 15.9. The molecule has 1 fully saturated rings. The number of aromatic nitrogens is 1. The van der Waals surface area contributed by atoms with Gasteiger partial charge in [-0.05, 0) is 38.3 Å². The molecule has 104 valence electrons. The van der Waals surface area contributed by atoms with E-state index in [9.17, 15) is 4.79 Å². The number of rotatable bonds is 6. The van der Waals surface area contributed by atoms with E-state index in [1.165, 1.54) is 12.8 Å². The van der Waals surface area contributed by atoms with Crippen LogP contribution in [0.5, 0.6) is 0 Å². The highest BCUT2D eigenvalue weighted by atomic mass is 35.5. The van der Waals surface area contributed by atoms with Crippen molar-refractivity contribution in [1.29, 1.82) is 0 Å². The Morgan fingerprint density at radius 1 is 1.53 bits per heavy atom. The van der Waals surface area contributed by atoms with Crippen LogP contribution in [0.15, 0.2) is 12.1 Å². The number of anilines is 1. The molecule has 2 rings (SSSR count). The van der Waals surface area contributed by atoms with Crippen LogP contribution in [0.1, 0.15) is 43.6 Å². The van der Waals surface area contributed by atoms with Crippen LogP contribution in [0.2, 0.25) is 5.02 Å². The molecule has 0 saturated heterocycles. The minimum absolute atomic E-state index is 0.167. The van der Waals surface area contributed by atoms with E-state index in [-0.39, 0.29) is 11.9 Å². The van der Waals surface area contributed by atoms with Crippen molar-refractivity contribution in [2.24, 2.45) is 5.92 Å². The topological polar surface area (TPSA) is 54.0 Å². The number of halogens is 1. The van der Waals surface area contributed by atoms with Crippen LogP contribution in [0.25, 0.3) is 0 Å². The largest absolute Gasteiger partial charge is 0.370 e. The molecular formula is C14H20ClN3O. The maximum atomic E-state index is 12.1. The van der Waals surface area contributed by atoms with Gasteiger partial charge in [-0.15, -0.1) is 0 Å². The van der Waals surface area contributed by atoms with Crippen molar-refractivity contribution >= 4 is 23.3 Å². The van der Waals surface area contributed by atoms with E-state index >= 15 is 0 Å². The second-order valence-electron chi connectivity index (χ2n) is 5.11. The van der Waals surface area contributed by atoms with Crippen LogP contribution in [0, 0.1) is 5.92 Å². The van der Waals surface area contributed by atoms with Crippen LogP contribution in [-0.2, 0) is 0 Å². The summed E-state index contributed by atoms with van der Waals surface area (Å²) in [5.74, 6) is 1.26. The Labute approximate surface area is 118 Å². The van der Waals surface area contributed by atoms with Crippen molar-refractivity contribution in [2.75, 3.05) is 11.9 Å². The van der Waals surface area contributed by atoms with Crippen LogP contribution in [-0.4, -0.2) is 23.5 Å². The number of hydrogen-bond acceptors (Lipinski definition) is 3. The van der Waals surface area contributed by atoms with Crippen molar-refractivity contribution in [1.82, 2.24) is 10.3 Å². The molecule has 1 aliphatic carbocycles. The molecule has 19 heavy (non-hydrogen) atoms. The third kappa shape index (κ3) is 4.10. The summed E-state index contributed by atoms with van der Waals surface area (Å²) in [6, 6.07) is 3.64. The second kappa shape index (κ2) is 6.24. The van der Waals surface area contributed by atoms with E-state index in [2.05, 4.69) is 15.6 Å². The van der Waals surface area contributed by atoms with Gasteiger partial charge in [0.1, 0.15) is 11.5 Å². The fourth-order valence-corrected chi connectivity index (χ4v) is 2.28. The van der Waals surface area contributed by atoms with Gasteiger partial charge in [0, 0.05) is 12.6 Å². The van der Waals surface area contributed by atoms with E-state index in [1.54, 1.807) is 12.1 Å². The first-order chi connectivity index (χ1) is 9.10. The monoisotopic (exact) mass is 281 g/mol. The molecule has 0 aliphatic heterocycles. The van der Waals surface area contributed by atoms with Crippen molar-refractivity contribution in [3.8, 4) is 0 Å². The third-order valence-corrected chi connectivity index (χ3v) is 3.49. The summed E-state index contributed by atoms with van der Waals surface area (Å²) in [6.45, 7) is 4.76. The van der Waals surface area contributed by atoms with Crippen LogP contribution >= 0.6 is 11.6 Å². The smallest absolute Gasteiger partial charge is 0.271 e. The average Bonchev–Trinajstić information content (AvgIpc) is 3.15. The number of carbonyl (C=O) groups is 1. The Hall–Kier alpha value is -1.29. The molecule has 1 aromatic rings. The lowest BCUT2D eigenvalue weighted by Gasteiger charge is -2.14. The molecule has 5 heteroatoms. The first kappa shape index (κ1) is 14.1. The molecule has 1 aliphatic rings. The van der Waals surface area contributed by atoms with Gasteiger partial charge in [0.15, 0.2) is 0 Å².